The molecule has 2 amide bonds. The standard InChI is InChI=1S/C20H19ClF3N3O3/c1-30-17-5-3-2-4-16(17)26-8-10-27(11-9-26)19(29)18(28)25-15-7-6-13(21)12-14(15)20(22,23)24/h2-7,12H,8-11H2,1H3,(H,25,28). The van der Waals surface area contributed by atoms with Crippen LogP contribution in [-0.4, -0.2) is 50.0 Å². The highest BCUT2D eigenvalue weighted by Crippen LogP contribution is 2.36. The molecule has 0 atom stereocenters. The summed E-state index contributed by atoms with van der Waals surface area (Å²) < 4.78 is 44.9. The van der Waals surface area contributed by atoms with Crippen molar-refractivity contribution in [2.45, 2.75) is 6.18 Å². The number of nitrogens with zero attached hydrogens (tertiary/aromatic N) is 2. The molecule has 0 aliphatic carbocycles. The Morgan fingerprint density at radius 2 is 1.73 bits per heavy atom. The fraction of sp³-hybridized carbons (Fsp3) is 0.300. The highest BCUT2D eigenvalue weighted by Gasteiger charge is 2.35. The summed E-state index contributed by atoms with van der Waals surface area (Å²) in [6.45, 7) is 1.40. The first-order valence-corrected chi connectivity index (χ1v) is 9.43. The number of alkyl halides is 3. The second-order valence-electron chi connectivity index (χ2n) is 6.59. The van der Waals surface area contributed by atoms with Crippen LogP contribution in [0, 0.1) is 0 Å². The van der Waals surface area contributed by atoms with Gasteiger partial charge in [0.1, 0.15) is 5.75 Å². The number of nitrogens with one attached hydrogen (secondary N) is 1. The maximum Gasteiger partial charge on any atom is 0.418 e. The lowest BCUT2D eigenvalue weighted by molar-refractivity contribution is -0.143. The van der Waals surface area contributed by atoms with E-state index in [9.17, 15) is 22.8 Å². The Morgan fingerprint density at radius 1 is 1.07 bits per heavy atom. The van der Waals surface area contributed by atoms with E-state index in [1.165, 1.54) is 11.0 Å². The van der Waals surface area contributed by atoms with Crippen LogP contribution < -0.4 is 15.0 Å². The number of amides is 2. The summed E-state index contributed by atoms with van der Waals surface area (Å²) in [4.78, 5) is 28.1. The van der Waals surface area contributed by atoms with Crippen molar-refractivity contribution in [3.05, 3.63) is 53.1 Å². The van der Waals surface area contributed by atoms with Gasteiger partial charge in [-0.3, -0.25) is 9.59 Å². The topological polar surface area (TPSA) is 61.9 Å². The molecule has 160 valence electrons. The van der Waals surface area contributed by atoms with Crippen molar-refractivity contribution < 1.29 is 27.5 Å². The number of halogens is 4. The number of carbonyl (C=O) groups is 2. The Labute approximate surface area is 176 Å². The van der Waals surface area contributed by atoms with Crippen LogP contribution in [0.25, 0.3) is 0 Å². The van der Waals surface area contributed by atoms with Crippen LogP contribution in [0.3, 0.4) is 0 Å². The van der Waals surface area contributed by atoms with E-state index < -0.39 is 29.2 Å². The van der Waals surface area contributed by atoms with Crippen molar-refractivity contribution in [1.29, 1.82) is 0 Å². The number of methoxy groups -OCH3 is 1. The zero-order chi connectivity index (χ0) is 21.9. The molecule has 0 bridgehead atoms. The molecule has 2 aromatic rings. The van der Waals surface area contributed by atoms with E-state index >= 15 is 0 Å². The number of hydrogen-bond acceptors (Lipinski definition) is 4. The third-order valence-electron chi connectivity index (χ3n) is 4.72. The summed E-state index contributed by atoms with van der Waals surface area (Å²) in [7, 11) is 1.56. The van der Waals surface area contributed by atoms with E-state index in [0.29, 0.717) is 24.9 Å². The molecule has 1 heterocycles. The van der Waals surface area contributed by atoms with Gasteiger partial charge in [-0.15, -0.1) is 0 Å². The van der Waals surface area contributed by atoms with E-state index in [0.717, 1.165) is 11.8 Å². The first-order chi connectivity index (χ1) is 14.2. The predicted molar refractivity (Wildman–Crippen MR) is 107 cm³/mol. The van der Waals surface area contributed by atoms with Gasteiger partial charge in [0, 0.05) is 31.2 Å². The average molecular weight is 442 g/mol. The molecule has 1 saturated heterocycles. The maximum atomic E-state index is 13.2. The van der Waals surface area contributed by atoms with Crippen molar-refractivity contribution in [1.82, 2.24) is 4.90 Å². The molecule has 30 heavy (non-hydrogen) atoms. The minimum absolute atomic E-state index is 0.126. The molecule has 0 aromatic heterocycles. The van der Waals surface area contributed by atoms with Crippen LogP contribution in [0.4, 0.5) is 24.5 Å². The summed E-state index contributed by atoms with van der Waals surface area (Å²) in [5, 5.41) is 1.93. The number of piperazine rings is 1. The molecule has 1 N–H and O–H groups in total. The lowest BCUT2D eigenvalue weighted by atomic mass is 10.1. The SMILES string of the molecule is COc1ccccc1N1CCN(C(=O)C(=O)Nc2ccc(Cl)cc2C(F)(F)F)CC1. The van der Waals surface area contributed by atoms with Crippen LogP contribution in [-0.2, 0) is 15.8 Å². The molecule has 0 radical (unpaired) electrons. The van der Waals surface area contributed by atoms with E-state index in [2.05, 4.69) is 5.32 Å². The molecule has 1 aliphatic rings. The van der Waals surface area contributed by atoms with Crippen molar-refractivity contribution in [3.8, 4) is 5.75 Å². The van der Waals surface area contributed by atoms with E-state index in [4.69, 9.17) is 16.3 Å². The van der Waals surface area contributed by atoms with Gasteiger partial charge in [0.2, 0.25) is 0 Å². The van der Waals surface area contributed by atoms with Crippen LogP contribution in [0.5, 0.6) is 5.75 Å². The van der Waals surface area contributed by atoms with Gasteiger partial charge >= 0.3 is 18.0 Å². The van der Waals surface area contributed by atoms with Gasteiger partial charge in [-0.1, -0.05) is 23.7 Å². The second kappa shape index (κ2) is 8.83. The zero-order valence-electron chi connectivity index (χ0n) is 16.0. The Morgan fingerprint density at radius 3 is 2.37 bits per heavy atom. The number of rotatable bonds is 3. The van der Waals surface area contributed by atoms with Crippen LogP contribution in [0.2, 0.25) is 5.02 Å². The summed E-state index contributed by atoms with van der Waals surface area (Å²) in [5.41, 5.74) is -0.761. The number of benzene rings is 2. The lowest BCUT2D eigenvalue weighted by Gasteiger charge is -2.36. The fourth-order valence-corrected chi connectivity index (χ4v) is 3.39. The summed E-state index contributed by atoms with van der Waals surface area (Å²) >= 11 is 5.63. The maximum absolute atomic E-state index is 13.2. The van der Waals surface area contributed by atoms with Crippen molar-refractivity contribution in [2.75, 3.05) is 43.5 Å². The van der Waals surface area contributed by atoms with Gasteiger partial charge in [0.25, 0.3) is 0 Å². The Balaban J connectivity index is 1.65. The normalized spacial score (nSPS) is 14.4. The van der Waals surface area contributed by atoms with Gasteiger partial charge < -0.3 is 19.9 Å². The van der Waals surface area contributed by atoms with Crippen molar-refractivity contribution in [2.24, 2.45) is 0 Å². The molecular weight excluding hydrogens is 423 g/mol. The van der Waals surface area contributed by atoms with Crippen LogP contribution in [0.15, 0.2) is 42.5 Å². The molecule has 2 aromatic carbocycles. The summed E-state index contributed by atoms with van der Waals surface area (Å²) in [6.07, 6.45) is -4.73. The van der Waals surface area contributed by atoms with Crippen molar-refractivity contribution in [3.63, 3.8) is 0 Å². The van der Waals surface area contributed by atoms with Gasteiger partial charge in [-0.05, 0) is 30.3 Å². The quantitative estimate of drug-likeness (QED) is 0.738. The molecule has 1 aliphatic heterocycles. The highest BCUT2D eigenvalue weighted by atomic mass is 35.5. The van der Waals surface area contributed by atoms with Crippen LogP contribution >= 0.6 is 11.6 Å². The second-order valence-corrected chi connectivity index (χ2v) is 7.03. The third kappa shape index (κ3) is 4.79. The molecule has 0 saturated carbocycles. The first kappa shape index (κ1) is 21.8. The largest absolute Gasteiger partial charge is 0.495 e. The number of ether oxygens (including phenoxy) is 1. The number of anilines is 2. The number of para-hydroxylation sites is 2. The molecule has 6 nitrogen and oxygen atoms in total. The molecule has 0 spiro atoms. The summed E-state index contributed by atoms with van der Waals surface area (Å²) in [5.74, 6) is -1.33. The zero-order valence-corrected chi connectivity index (χ0v) is 16.8. The molecule has 10 heteroatoms. The summed E-state index contributed by atoms with van der Waals surface area (Å²) in [6, 6.07) is 10.4. The first-order valence-electron chi connectivity index (χ1n) is 9.05. The molecule has 3 rings (SSSR count). The minimum Gasteiger partial charge on any atom is -0.495 e. The van der Waals surface area contributed by atoms with Crippen molar-refractivity contribution >= 4 is 34.8 Å². The Bertz CT molecular complexity index is 944. The number of carbonyl (C=O) groups excluding carboxylic acids is 2. The van der Waals surface area contributed by atoms with Gasteiger partial charge in [-0.25, -0.2) is 0 Å². The minimum atomic E-state index is -4.73. The monoisotopic (exact) mass is 441 g/mol. The third-order valence-corrected chi connectivity index (χ3v) is 4.96. The average Bonchev–Trinajstić information content (AvgIpc) is 2.73. The molecular formula is C20H19ClF3N3O3. The highest BCUT2D eigenvalue weighted by molar-refractivity contribution is 6.39. The predicted octanol–water partition coefficient (Wildman–Crippen LogP) is 3.65. The van der Waals surface area contributed by atoms with E-state index in [-0.39, 0.29) is 18.1 Å². The Kier molecular flexibility index (Phi) is 6.40. The van der Waals surface area contributed by atoms with Gasteiger partial charge in [0.15, 0.2) is 0 Å². The van der Waals surface area contributed by atoms with Crippen LogP contribution in [0.1, 0.15) is 5.56 Å². The smallest absolute Gasteiger partial charge is 0.418 e. The number of hydrogen-bond donors (Lipinski definition) is 1. The molecule has 1 fully saturated rings. The van der Waals surface area contributed by atoms with E-state index in [1.807, 2.05) is 29.2 Å². The van der Waals surface area contributed by atoms with E-state index in [1.54, 1.807) is 7.11 Å². The Hall–Kier alpha value is -2.94. The van der Waals surface area contributed by atoms with Gasteiger partial charge in [0.05, 0.1) is 24.0 Å². The lowest BCUT2D eigenvalue weighted by Crippen LogP contribution is -2.51. The fourth-order valence-electron chi connectivity index (χ4n) is 3.22. The van der Waals surface area contributed by atoms with Gasteiger partial charge in [-0.2, -0.15) is 13.2 Å². The molecule has 0 unspecified atom stereocenters.